The average molecular weight is 502 g/mol. The number of halogens is 4. The van der Waals surface area contributed by atoms with Gasteiger partial charge in [0.1, 0.15) is 17.1 Å². The summed E-state index contributed by atoms with van der Waals surface area (Å²) in [5, 5.41) is 9.90. The summed E-state index contributed by atoms with van der Waals surface area (Å²) in [5.74, 6) is -1.33. The van der Waals surface area contributed by atoms with Crippen LogP contribution in [0.3, 0.4) is 0 Å². The monoisotopic (exact) mass is 502 g/mol. The maximum absolute atomic E-state index is 14.7. The average Bonchev–Trinajstić information content (AvgIpc) is 3.44. The highest BCUT2D eigenvalue weighted by Crippen LogP contribution is 2.41. The predicted molar refractivity (Wildman–Crippen MR) is 121 cm³/mol. The van der Waals surface area contributed by atoms with E-state index in [0.717, 1.165) is 25.5 Å². The Labute approximate surface area is 203 Å². The first-order valence-corrected chi connectivity index (χ1v) is 10.8. The van der Waals surface area contributed by atoms with Crippen LogP contribution >= 0.6 is 0 Å². The minimum atomic E-state index is -4.57. The fourth-order valence-electron chi connectivity index (χ4n) is 3.34. The first-order chi connectivity index (χ1) is 16.9. The van der Waals surface area contributed by atoms with Gasteiger partial charge in [0, 0.05) is 43.7 Å². The van der Waals surface area contributed by atoms with Gasteiger partial charge in [-0.2, -0.15) is 18.3 Å². The maximum atomic E-state index is 14.7. The second-order valence-corrected chi connectivity index (χ2v) is 8.82. The van der Waals surface area contributed by atoms with Crippen LogP contribution in [0.15, 0.2) is 53.6 Å². The number of carbonyl (C=O) groups excluding carboxylic acids is 1. The van der Waals surface area contributed by atoms with E-state index in [2.05, 4.69) is 25.5 Å². The van der Waals surface area contributed by atoms with Gasteiger partial charge in [-0.25, -0.2) is 14.4 Å². The molecule has 0 aliphatic rings. The lowest BCUT2D eigenvalue weighted by Crippen LogP contribution is -2.35. The zero-order valence-electron chi connectivity index (χ0n) is 19.6. The molecule has 0 spiro atoms. The number of aryl methyl sites for hydroxylation is 1. The molecule has 188 valence electrons. The second-order valence-electron chi connectivity index (χ2n) is 8.82. The van der Waals surface area contributed by atoms with Crippen molar-refractivity contribution in [2.45, 2.75) is 38.3 Å². The molecule has 0 saturated carbocycles. The zero-order chi connectivity index (χ0) is 26.1. The molecular weight excluding hydrogens is 480 g/mol. The van der Waals surface area contributed by atoms with E-state index < -0.39 is 29.1 Å². The Balaban J connectivity index is 1.39. The number of rotatable bonds is 7. The molecule has 1 N–H and O–H groups in total. The van der Waals surface area contributed by atoms with Crippen LogP contribution in [0.25, 0.3) is 11.1 Å². The Kier molecular flexibility index (Phi) is 6.61. The van der Waals surface area contributed by atoms with Gasteiger partial charge in [-0.05, 0) is 36.6 Å². The van der Waals surface area contributed by atoms with Gasteiger partial charge >= 0.3 is 6.18 Å². The summed E-state index contributed by atoms with van der Waals surface area (Å²) >= 11 is 0. The van der Waals surface area contributed by atoms with Crippen LogP contribution in [0.5, 0.6) is 0 Å². The minimum Gasteiger partial charge on any atom is -0.358 e. The molecule has 36 heavy (non-hydrogen) atoms. The number of hydrogen-bond donors (Lipinski definition) is 1. The maximum Gasteiger partial charge on any atom is 0.401 e. The fraction of sp³-hybridized carbons (Fsp3) is 0.292. The lowest BCUT2D eigenvalue weighted by atomic mass is 9.89. The first kappa shape index (κ1) is 25.0. The Morgan fingerprint density at radius 3 is 2.42 bits per heavy atom. The Bertz CT molecular complexity index is 1380. The lowest BCUT2D eigenvalue weighted by Gasteiger charge is -2.24. The molecular formula is C24H22F4N6O2. The van der Waals surface area contributed by atoms with Crippen molar-refractivity contribution in [1.82, 2.24) is 24.9 Å². The molecule has 3 aromatic heterocycles. The number of carbonyl (C=O) groups is 1. The molecule has 1 amide bonds. The topological polar surface area (TPSA) is 98.7 Å². The van der Waals surface area contributed by atoms with Crippen LogP contribution in [0, 0.1) is 5.82 Å². The molecule has 0 aliphatic heterocycles. The van der Waals surface area contributed by atoms with Gasteiger partial charge in [0.15, 0.2) is 11.6 Å². The van der Waals surface area contributed by atoms with Gasteiger partial charge in [0.25, 0.3) is 0 Å². The van der Waals surface area contributed by atoms with Crippen LogP contribution in [-0.4, -0.2) is 37.0 Å². The standard InChI is InChI=1S/C24H22F4N6O2/c1-23(2,24(26,27)28)19-9-21(33-36-19)32-22(35)8-16-5-4-15(7-18(16)25)17-11-29-20(30-12-17)6-14-10-31-34(3)13-14/h4-5,7,9-13H,6,8H2,1-3H3,(H,32,33,35). The molecule has 4 rings (SSSR count). The van der Waals surface area contributed by atoms with Gasteiger partial charge in [-0.15, -0.1) is 0 Å². The molecule has 4 aromatic rings. The fourth-order valence-corrected chi connectivity index (χ4v) is 3.34. The Hall–Kier alpha value is -4.09. The summed E-state index contributed by atoms with van der Waals surface area (Å²) in [6, 6.07) is 5.35. The molecule has 0 atom stereocenters. The quantitative estimate of drug-likeness (QED) is 0.371. The molecule has 12 heteroatoms. The van der Waals surface area contributed by atoms with Gasteiger partial charge in [0.05, 0.1) is 12.6 Å². The molecule has 0 fully saturated rings. The van der Waals surface area contributed by atoms with Crippen molar-refractivity contribution in [3.8, 4) is 11.1 Å². The molecule has 0 bridgehead atoms. The smallest absolute Gasteiger partial charge is 0.358 e. The molecule has 8 nitrogen and oxygen atoms in total. The van der Waals surface area contributed by atoms with Crippen molar-refractivity contribution in [2.75, 3.05) is 5.32 Å². The van der Waals surface area contributed by atoms with Crippen LogP contribution in [-0.2, 0) is 30.1 Å². The highest BCUT2D eigenvalue weighted by molar-refractivity contribution is 5.91. The minimum absolute atomic E-state index is 0.102. The number of benzene rings is 1. The largest absolute Gasteiger partial charge is 0.401 e. The van der Waals surface area contributed by atoms with E-state index in [9.17, 15) is 22.4 Å². The summed E-state index contributed by atoms with van der Waals surface area (Å²) < 4.78 is 60.6. The highest BCUT2D eigenvalue weighted by Gasteiger charge is 2.51. The zero-order valence-corrected chi connectivity index (χ0v) is 19.6. The third-order valence-corrected chi connectivity index (χ3v) is 5.67. The normalized spacial score (nSPS) is 12.1. The van der Waals surface area contributed by atoms with Crippen molar-refractivity contribution >= 4 is 11.7 Å². The number of nitrogens with zero attached hydrogens (tertiary/aromatic N) is 5. The molecule has 0 radical (unpaired) electrons. The van der Waals surface area contributed by atoms with Crippen LogP contribution in [0.4, 0.5) is 23.4 Å². The van der Waals surface area contributed by atoms with Crippen molar-refractivity contribution in [3.63, 3.8) is 0 Å². The number of nitrogens with one attached hydrogen (secondary N) is 1. The summed E-state index contributed by atoms with van der Waals surface area (Å²) in [6.07, 6.45) is 2.37. The molecule has 1 aromatic carbocycles. The van der Waals surface area contributed by atoms with E-state index in [-0.39, 0.29) is 17.8 Å². The SMILES string of the molecule is Cn1cc(Cc2ncc(-c3ccc(CC(=O)Nc4cc(C(C)(C)C(F)(F)F)on4)c(F)c3)cn2)cn1. The number of hydrogen-bond acceptors (Lipinski definition) is 6. The third-order valence-electron chi connectivity index (χ3n) is 5.67. The number of amides is 1. The van der Waals surface area contributed by atoms with Crippen molar-refractivity contribution < 1.29 is 26.9 Å². The Morgan fingerprint density at radius 2 is 1.81 bits per heavy atom. The summed E-state index contributed by atoms with van der Waals surface area (Å²) in [4.78, 5) is 21.0. The third kappa shape index (κ3) is 5.42. The molecule has 0 unspecified atom stereocenters. The summed E-state index contributed by atoms with van der Waals surface area (Å²) in [7, 11) is 1.82. The summed E-state index contributed by atoms with van der Waals surface area (Å²) in [5.41, 5.74) is -0.0946. The van der Waals surface area contributed by atoms with E-state index in [4.69, 9.17) is 4.52 Å². The van der Waals surface area contributed by atoms with Crippen LogP contribution in [0.1, 0.15) is 36.6 Å². The Morgan fingerprint density at radius 1 is 1.08 bits per heavy atom. The van der Waals surface area contributed by atoms with Gasteiger partial charge in [0.2, 0.25) is 5.91 Å². The second kappa shape index (κ2) is 9.51. The predicted octanol–water partition coefficient (Wildman–Crippen LogP) is 4.62. The van der Waals surface area contributed by atoms with Crippen molar-refractivity contribution in [1.29, 1.82) is 0 Å². The van der Waals surface area contributed by atoms with E-state index in [0.29, 0.717) is 23.4 Å². The van der Waals surface area contributed by atoms with E-state index in [1.165, 1.54) is 12.1 Å². The number of anilines is 1. The highest BCUT2D eigenvalue weighted by atomic mass is 19.4. The molecule has 0 saturated heterocycles. The number of aromatic nitrogens is 5. The summed E-state index contributed by atoms with van der Waals surface area (Å²) in [6.45, 7) is 1.88. The van der Waals surface area contributed by atoms with E-state index in [1.54, 1.807) is 29.3 Å². The van der Waals surface area contributed by atoms with Gasteiger partial charge in [-0.1, -0.05) is 17.3 Å². The van der Waals surface area contributed by atoms with Crippen LogP contribution in [0.2, 0.25) is 0 Å². The van der Waals surface area contributed by atoms with Gasteiger partial charge < -0.3 is 9.84 Å². The van der Waals surface area contributed by atoms with Gasteiger partial charge in [-0.3, -0.25) is 9.48 Å². The van der Waals surface area contributed by atoms with Crippen molar-refractivity contribution in [2.24, 2.45) is 7.05 Å². The number of alkyl halides is 3. The van der Waals surface area contributed by atoms with Crippen molar-refractivity contribution in [3.05, 3.63) is 77.6 Å². The molecule has 3 heterocycles. The van der Waals surface area contributed by atoms with Crippen LogP contribution < -0.4 is 5.32 Å². The first-order valence-electron chi connectivity index (χ1n) is 10.8. The lowest BCUT2D eigenvalue weighted by molar-refractivity contribution is -0.185. The van der Waals surface area contributed by atoms with E-state index >= 15 is 0 Å². The molecule has 0 aliphatic carbocycles. The van der Waals surface area contributed by atoms with E-state index in [1.807, 2.05) is 13.2 Å².